The summed E-state index contributed by atoms with van der Waals surface area (Å²) >= 11 is 0. The molecule has 1 aromatic rings. The number of hydrogen-bond acceptors (Lipinski definition) is 2. The van der Waals surface area contributed by atoms with Gasteiger partial charge < -0.3 is 9.16 Å². The van der Waals surface area contributed by atoms with Crippen LogP contribution in [0.25, 0.3) is 0 Å². The molecule has 2 aliphatic carbocycles. The average molecular weight is 459 g/mol. The highest BCUT2D eigenvalue weighted by atomic mass is 28.4. The normalized spacial score (nSPS) is 30.7. The van der Waals surface area contributed by atoms with E-state index in [1.807, 2.05) is 0 Å². The minimum atomic E-state index is -1.72. The molecule has 0 amide bonds. The molecule has 0 saturated heterocycles. The van der Waals surface area contributed by atoms with Crippen LogP contribution in [0, 0.1) is 23.2 Å². The third-order valence-electron chi connectivity index (χ3n) is 9.48. The standard InChI is InChI=1S/C29H50O2Si/c1-22(16-17-23(2)30-21-24-13-10-9-11-14-24)25-18-19-26-27(15-12-20-29(25,26)6)31-32(7,8)28(3,4)5/h9-11,13-14,22-23,25-27H,12,15-21H2,1-8H3/t22-,23-,25-,26+,27+,29-/m1/s1. The van der Waals surface area contributed by atoms with E-state index in [0.717, 1.165) is 30.8 Å². The lowest BCUT2D eigenvalue weighted by atomic mass is 9.61. The fraction of sp³-hybridized carbons (Fsp3) is 0.793. The molecule has 3 rings (SSSR count). The maximum Gasteiger partial charge on any atom is 0.192 e. The molecule has 0 unspecified atom stereocenters. The minimum absolute atomic E-state index is 0.294. The molecule has 0 bridgehead atoms. The van der Waals surface area contributed by atoms with Crippen LogP contribution in [0.15, 0.2) is 30.3 Å². The van der Waals surface area contributed by atoms with Gasteiger partial charge in [0.05, 0.1) is 12.7 Å². The topological polar surface area (TPSA) is 18.5 Å². The van der Waals surface area contributed by atoms with Crippen molar-refractivity contribution in [2.45, 2.75) is 123 Å². The van der Waals surface area contributed by atoms with Crippen LogP contribution in [0.1, 0.15) is 92.1 Å². The number of ether oxygens (including phenoxy) is 1. The van der Waals surface area contributed by atoms with Crippen LogP contribution in [0.2, 0.25) is 18.1 Å². The Hall–Kier alpha value is -0.643. The molecule has 0 radical (unpaired) electrons. The lowest BCUT2D eigenvalue weighted by Crippen LogP contribution is -2.50. The molecule has 32 heavy (non-hydrogen) atoms. The van der Waals surface area contributed by atoms with Crippen molar-refractivity contribution in [3.8, 4) is 0 Å². The van der Waals surface area contributed by atoms with Crippen molar-refractivity contribution >= 4 is 8.32 Å². The highest BCUT2D eigenvalue weighted by Gasteiger charge is 2.54. The fourth-order valence-corrected chi connectivity index (χ4v) is 7.78. The van der Waals surface area contributed by atoms with Crippen molar-refractivity contribution < 1.29 is 9.16 Å². The molecule has 2 nitrogen and oxygen atoms in total. The largest absolute Gasteiger partial charge is 0.414 e. The number of hydrogen-bond donors (Lipinski definition) is 0. The predicted octanol–water partition coefficient (Wildman–Crippen LogP) is 8.61. The van der Waals surface area contributed by atoms with Crippen molar-refractivity contribution in [1.82, 2.24) is 0 Å². The molecule has 2 saturated carbocycles. The van der Waals surface area contributed by atoms with Crippen LogP contribution in [-0.2, 0) is 15.8 Å². The van der Waals surface area contributed by atoms with Gasteiger partial charge in [-0.15, -0.1) is 0 Å². The van der Waals surface area contributed by atoms with Crippen molar-refractivity contribution in [3.63, 3.8) is 0 Å². The van der Waals surface area contributed by atoms with Crippen LogP contribution in [0.4, 0.5) is 0 Å². The first-order valence-electron chi connectivity index (χ1n) is 13.3. The van der Waals surface area contributed by atoms with Gasteiger partial charge in [-0.1, -0.05) is 71.4 Å². The number of benzene rings is 1. The molecule has 2 aliphatic rings. The van der Waals surface area contributed by atoms with E-state index in [9.17, 15) is 0 Å². The van der Waals surface area contributed by atoms with E-state index in [0.29, 0.717) is 22.7 Å². The summed E-state index contributed by atoms with van der Waals surface area (Å²) < 4.78 is 13.2. The Morgan fingerprint density at radius 1 is 1.03 bits per heavy atom. The first kappa shape index (κ1) is 26.0. The fourth-order valence-electron chi connectivity index (χ4n) is 6.39. The molecule has 0 N–H and O–H groups in total. The Bertz CT molecular complexity index is 710. The Morgan fingerprint density at radius 2 is 1.72 bits per heavy atom. The summed E-state index contributed by atoms with van der Waals surface area (Å²) in [5.74, 6) is 2.35. The maximum absolute atomic E-state index is 7.04. The minimum Gasteiger partial charge on any atom is -0.414 e. The zero-order valence-electron chi connectivity index (χ0n) is 22.2. The highest BCUT2D eigenvalue weighted by Crippen LogP contribution is 2.59. The van der Waals surface area contributed by atoms with E-state index in [-0.39, 0.29) is 0 Å². The van der Waals surface area contributed by atoms with Gasteiger partial charge in [0, 0.05) is 6.10 Å². The summed E-state index contributed by atoms with van der Waals surface area (Å²) in [5, 5.41) is 0.294. The quantitative estimate of drug-likeness (QED) is 0.345. The first-order chi connectivity index (χ1) is 14.9. The number of rotatable bonds is 9. The Labute approximate surface area is 200 Å². The van der Waals surface area contributed by atoms with Crippen LogP contribution < -0.4 is 0 Å². The van der Waals surface area contributed by atoms with E-state index in [1.54, 1.807) is 0 Å². The van der Waals surface area contributed by atoms with E-state index in [2.05, 4.69) is 85.0 Å². The molecule has 6 atom stereocenters. The lowest BCUT2D eigenvalue weighted by molar-refractivity contribution is -0.0237. The predicted molar refractivity (Wildman–Crippen MR) is 139 cm³/mol. The van der Waals surface area contributed by atoms with Gasteiger partial charge in [0.1, 0.15) is 0 Å². The molecule has 0 aromatic heterocycles. The molecular formula is C29H50O2Si. The van der Waals surface area contributed by atoms with Gasteiger partial charge in [-0.25, -0.2) is 0 Å². The summed E-state index contributed by atoms with van der Waals surface area (Å²) in [7, 11) is -1.72. The van der Waals surface area contributed by atoms with E-state index in [4.69, 9.17) is 9.16 Å². The van der Waals surface area contributed by atoms with Crippen LogP contribution in [0.3, 0.4) is 0 Å². The van der Waals surface area contributed by atoms with Crippen LogP contribution >= 0.6 is 0 Å². The third kappa shape index (κ3) is 5.88. The highest BCUT2D eigenvalue weighted by molar-refractivity contribution is 6.74. The number of fused-ring (bicyclic) bond motifs is 1. The maximum atomic E-state index is 7.04. The molecule has 0 heterocycles. The molecule has 182 valence electrons. The lowest BCUT2D eigenvalue weighted by Gasteiger charge is -2.50. The summed E-state index contributed by atoms with van der Waals surface area (Å²) in [6.45, 7) is 20.1. The van der Waals surface area contributed by atoms with Crippen LogP contribution in [-0.4, -0.2) is 20.5 Å². The molecule has 3 heteroatoms. The Kier molecular flexibility index (Phi) is 8.37. The molecular weight excluding hydrogens is 408 g/mol. The molecule has 0 spiro atoms. The molecule has 1 aromatic carbocycles. The smallest absolute Gasteiger partial charge is 0.192 e. The zero-order chi connectivity index (χ0) is 23.6. The summed E-state index contributed by atoms with van der Waals surface area (Å²) in [5.41, 5.74) is 1.73. The second-order valence-electron chi connectivity index (χ2n) is 12.8. The van der Waals surface area contributed by atoms with Crippen molar-refractivity contribution in [1.29, 1.82) is 0 Å². The van der Waals surface area contributed by atoms with Gasteiger partial charge >= 0.3 is 0 Å². The van der Waals surface area contributed by atoms with E-state index >= 15 is 0 Å². The molecule has 0 aliphatic heterocycles. The summed E-state index contributed by atoms with van der Waals surface area (Å²) in [4.78, 5) is 0. The first-order valence-corrected chi connectivity index (χ1v) is 16.2. The van der Waals surface area contributed by atoms with Crippen molar-refractivity contribution in [2.75, 3.05) is 0 Å². The van der Waals surface area contributed by atoms with Crippen LogP contribution in [0.5, 0.6) is 0 Å². The second kappa shape index (κ2) is 10.3. The second-order valence-corrected chi connectivity index (χ2v) is 17.5. The monoisotopic (exact) mass is 458 g/mol. The van der Waals surface area contributed by atoms with E-state index < -0.39 is 8.32 Å². The van der Waals surface area contributed by atoms with Gasteiger partial charge in [0.25, 0.3) is 0 Å². The SMILES string of the molecule is C[C@H](CC[C@@H](C)[C@H]1CC[C@H]2[C@@H](O[Si](C)(C)C(C)(C)C)CCC[C@]12C)OCc1ccccc1. The van der Waals surface area contributed by atoms with Gasteiger partial charge in [0.15, 0.2) is 8.32 Å². The summed E-state index contributed by atoms with van der Waals surface area (Å²) in [6, 6.07) is 10.6. The van der Waals surface area contributed by atoms with E-state index in [1.165, 1.54) is 44.1 Å². The van der Waals surface area contributed by atoms with Gasteiger partial charge in [-0.05, 0) is 92.3 Å². The van der Waals surface area contributed by atoms with Gasteiger partial charge in [-0.2, -0.15) is 0 Å². The van der Waals surface area contributed by atoms with Gasteiger partial charge in [0.2, 0.25) is 0 Å². The van der Waals surface area contributed by atoms with Crippen molar-refractivity contribution in [3.05, 3.63) is 35.9 Å². The van der Waals surface area contributed by atoms with Crippen molar-refractivity contribution in [2.24, 2.45) is 23.2 Å². The van der Waals surface area contributed by atoms with Gasteiger partial charge in [-0.3, -0.25) is 0 Å². The Morgan fingerprint density at radius 3 is 2.38 bits per heavy atom. The third-order valence-corrected chi connectivity index (χ3v) is 14.0. The summed E-state index contributed by atoms with van der Waals surface area (Å²) in [6.07, 6.45) is 10.0. The molecule has 2 fully saturated rings. The average Bonchev–Trinajstić information content (AvgIpc) is 3.08. The zero-order valence-corrected chi connectivity index (χ0v) is 23.2. The Balaban J connectivity index is 1.55.